The number of carbonyl (C=O) groups is 1. The highest BCUT2D eigenvalue weighted by Gasteiger charge is 2.05. The lowest BCUT2D eigenvalue weighted by Crippen LogP contribution is -1.97. The fourth-order valence-corrected chi connectivity index (χ4v) is 2.47. The number of nitrogens with zero attached hydrogens (tertiary/aromatic N) is 3. The van der Waals surface area contributed by atoms with Crippen LogP contribution in [-0.4, -0.2) is 21.2 Å². The lowest BCUT2D eigenvalue weighted by atomic mass is 10.3. The molecule has 0 aromatic carbocycles. The van der Waals surface area contributed by atoms with Crippen LogP contribution in [0.25, 0.3) is 10.6 Å². The lowest BCUT2D eigenvalue weighted by molar-refractivity contribution is 0.112. The molecule has 6 heteroatoms. The van der Waals surface area contributed by atoms with E-state index in [9.17, 15) is 4.79 Å². The molecule has 0 bridgehead atoms. The molecular weight excluding hydrogens is 272 g/mol. The zero-order valence-corrected chi connectivity index (χ0v) is 11.2. The molecule has 0 saturated carbocycles. The van der Waals surface area contributed by atoms with E-state index in [0.717, 1.165) is 22.5 Å². The SMILES string of the molecule is O=Cc1ccc(-c2ccnc(Nc3cccnc3)n2)s1. The summed E-state index contributed by atoms with van der Waals surface area (Å²) in [6.45, 7) is 0. The summed E-state index contributed by atoms with van der Waals surface area (Å²) in [7, 11) is 0. The second-order valence-corrected chi connectivity index (χ2v) is 5.07. The van der Waals surface area contributed by atoms with Gasteiger partial charge in [0.25, 0.3) is 0 Å². The number of anilines is 2. The maximum atomic E-state index is 10.7. The van der Waals surface area contributed by atoms with E-state index in [1.54, 1.807) is 24.7 Å². The molecule has 98 valence electrons. The zero-order chi connectivity index (χ0) is 13.8. The molecule has 0 aliphatic heterocycles. The van der Waals surface area contributed by atoms with Gasteiger partial charge < -0.3 is 5.32 Å². The zero-order valence-electron chi connectivity index (χ0n) is 10.4. The number of hydrogen-bond donors (Lipinski definition) is 1. The average molecular weight is 282 g/mol. The Morgan fingerprint density at radius 3 is 2.85 bits per heavy atom. The van der Waals surface area contributed by atoms with Gasteiger partial charge in [0.1, 0.15) is 0 Å². The first-order valence-corrected chi connectivity index (χ1v) is 6.72. The second kappa shape index (κ2) is 5.58. The van der Waals surface area contributed by atoms with Gasteiger partial charge in [-0.25, -0.2) is 9.97 Å². The van der Waals surface area contributed by atoms with Crippen LogP contribution in [0.5, 0.6) is 0 Å². The van der Waals surface area contributed by atoms with Crippen LogP contribution < -0.4 is 5.32 Å². The molecule has 0 amide bonds. The van der Waals surface area contributed by atoms with Gasteiger partial charge in [0.2, 0.25) is 5.95 Å². The number of hydrogen-bond acceptors (Lipinski definition) is 6. The maximum absolute atomic E-state index is 10.7. The van der Waals surface area contributed by atoms with Crippen molar-refractivity contribution in [1.82, 2.24) is 15.0 Å². The molecule has 3 aromatic rings. The van der Waals surface area contributed by atoms with Crippen LogP contribution in [0.2, 0.25) is 0 Å². The second-order valence-electron chi connectivity index (χ2n) is 3.95. The van der Waals surface area contributed by atoms with Gasteiger partial charge >= 0.3 is 0 Å². The predicted octanol–water partition coefficient (Wildman–Crippen LogP) is 3.16. The predicted molar refractivity (Wildman–Crippen MR) is 78.3 cm³/mol. The number of thiophene rings is 1. The molecule has 0 spiro atoms. The molecule has 5 nitrogen and oxygen atoms in total. The monoisotopic (exact) mass is 282 g/mol. The van der Waals surface area contributed by atoms with Gasteiger partial charge in [-0.15, -0.1) is 11.3 Å². The van der Waals surface area contributed by atoms with Crippen LogP contribution in [-0.2, 0) is 0 Å². The minimum atomic E-state index is 0.497. The van der Waals surface area contributed by atoms with Gasteiger partial charge in [-0.1, -0.05) is 0 Å². The van der Waals surface area contributed by atoms with Crippen LogP contribution in [0, 0.1) is 0 Å². The molecule has 0 fully saturated rings. The Labute approximate surface area is 119 Å². The highest BCUT2D eigenvalue weighted by Crippen LogP contribution is 2.26. The molecule has 3 heterocycles. The van der Waals surface area contributed by atoms with E-state index < -0.39 is 0 Å². The Kier molecular flexibility index (Phi) is 3.47. The summed E-state index contributed by atoms with van der Waals surface area (Å²) in [5.74, 6) is 0.497. The quantitative estimate of drug-likeness (QED) is 0.744. The number of aldehydes is 1. The van der Waals surface area contributed by atoms with Gasteiger partial charge in [-0.05, 0) is 30.3 Å². The summed E-state index contributed by atoms with van der Waals surface area (Å²) in [6.07, 6.45) is 5.92. The first-order chi connectivity index (χ1) is 9.85. The third kappa shape index (κ3) is 2.70. The van der Waals surface area contributed by atoms with Gasteiger partial charge in [0.15, 0.2) is 6.29 Å². The molecule has 0 aliphatic carbocycles. The van der Waals surface area contributed by atoms with Crippen molar-refractivity contribution in [3.05, 3.63) is 53.8 Å². The van der Waals surface area contributed by atoms with Crippen molar-refractivity contribution < 1.29 is 4.79 Å². The van der Waals surface area contributed by atoms with E-state index in [1.807, 2.05) is 24.3 Å². The molecule has 0 saturated heterocycles. The Bertz CT molecular complexity index is 727. The van der Waals surface area contributed by atoms with Crippen LogP contribution in [0.1, 0.15) is 9.67 Å². The summed E-state index contributed by atoms with van der Waals surface area (Å²) in [5.41, 5.74) is 1.61. The van der Waals surface area contributed by atoms with Crippen molar-refractivity contribution in [3.63, 3.8) is 0 Å². The Morgan fingerprint density at radius 1 is 1.15 bits per heavy atom. The average Bonchev–Trinajstić information content (AvgIpc) is 2.98. The summed E-state index contributed by atoms with van der Waals surface area (Å²) >= 11 is 1.40. The molecule has 0 unspecified atom stereocenters. The molecule has 0 radical (unpaired) electrons. The summed E-state index contributed by atoms with van der Waals surface area (Å²) in [5, 5.41) is 3.09. The number of nitrogens with one attached hydrogen (secondary N) is 1. The highest BCUT2D eigenvalue weighted by atomic mass is 32.1. The van der Waals surface area contributed by atoms with E-state index in [1.165, 1.54) is 11.3 Å². The van der Waals surface area contributed by atoms with Gasteiger partial charge in [0, 0.05) is 12.4 Å². The number of aromatic nitrogens is 3. The number of pyridine rings is 1. The number of rotatable bonds is 4. The first-order valence-electron chi connectivity index (χ1n) is 5.90. The first kappa shape index (κ1) is 12.4. The van der Waals surface area contributed by atoms with E-state index >= 15 is 0 Å². The minimum Gasteiger partial charge on any atom is -0.323 e. The summed E-state index contributed by atoms with van der Waals surface area (Å²) < 4.78 is 0. The van der Waals surface area contributed by atoms with Crippen molar-refractivity contribution in [2.45, 2.75) is 0 Å². The van der Waals surface area contributed by atoms with E-state index in [4.69, 9.17) is 0 Å². The molecule has 3 rings (SSSR count). The van der Waals surface area contributed by atoms with Crippen LogP contribution in [0.3, 0.4) is 0 Å². The standard InChI is InChI=1S/C14H10N4OS/c19-9-11-3-4-13(20-11)12-5-7-16-14(18-12)17-10-2-1-6-15-8-10/h1-9H,(H,16,17,18). The topological polar surface area (TPSA) is 67.8 Å². The molecule has 3 aromatic heterocycles. The van der Waals surface area contributed by atoms with Gasteiger partial charge in [-0.3, -0.25) is 9.78 Å². The third-order valence-corrected chi connectivity index (χ3v) is 3.60. The Hall–Kier alpha value is -2.60. The molecular formula is C14H10N4OS. The highest BCUT2D eigenvalue weighted by molar-refractivity contribution is 7.17. The van der Waals surface area contributed by atoms with E-state index in [-0.39, 0.29) is 0 Å². The van der Waals surface area contributed by atoms with E-state index in [0.29, 0.717) is 10.8 Å². The Morgan fingerprint density at radius 2 is 2.10 bits per heavy atom. The third-order valence-electron chi connectivity index (χ3n) is 2.57. The fraction of sp³-hybridized carbons (Fsp3) is 0. The largest absolute Gasteiger partial charge is 0.323 e. The molecule has 20 heavy (non-hydrogen) atoms. The van der Waals surface area contributed by atoms with Crippen molar-refractivity contribution in [1.29, 1.82) is 0 Å². The minimum absolute atomic E-state index is 0.497. The lowest BCUT2D eigenvalue weighted by Gasteiger charge is -2.04. The molecule has 0 atom stereocenters. The van der Waals surface area contributed by atoms with Gasteiger partial charge in [-0.2, -0.15) is 0 Å². The normalized spacial score (nSPS) is 10.2. The number of carbonyl (C=O) groups excluding carboxylic acids is 1. The Balaban J connectivity index is 1.87. The van der Waals surface area contributed by atoms with Crippen LogP contribution in [0.15, 0.2) is 48.9 Å². The van der Waals surface area contributed by atoms with Crippen LogP contribution in [0.4, 0.5) is 11.6 Å². The molecule has 0 aliphatic rings. The van der Waals surface area contributed by atoms with Gasteiger partial charge in [0.05, 0.1) is 27.3 Å². The van der Waals surface area contributed by atoms with Crippen molar-refractivity contribution in [3.8, 4) is 10.6 Å². The maximum Gasteiger partial charge on any atom is 0.227 e. The summed E-state index contributed by atoms with van der Waals surface area (Å²) in [6, 6.07) is 9.20. The van der Waals surface area contributed by atoms with Crippen molar-refractivity contribution in [2.75, 3.05) is 5.32 Å². The molecule has 1 N–H and O–H groups in total. The summed E-state index contributed by atoms with van der Waals surface area (Å²) in [4.78, 5) is 25.0. The smallest absolute Gasteiger partial charge is 0.227 e. The van der Waals surface area contributed by atoms with Crippen molar-refractivity contribution in [2.24, 2.45) is 0 Å². The fourth-order valence-electron chi connectivity index (χ4n) is 1.68. The van der Waals surface area contributed by atoms with E-state index in [2.05, 4.69) is 20.3 Å². The van der Waals surface area contributed by atoms with Crippen LogP contribution >= 0.6 is 11.3 Å². The van der Waals surface area contributed by atoms with Crippen molar-refractivity contribution >= 4 is 29.3 Å².